The lowest BCUT2D eigenvalue weighted by Gasteiger charge is -2.26. The zero-order valence-electron chi connectivity index (χ0n) is 11.6. The number of methoxy groups -OCH3 is 1. The first kappa shape index (κ1) is 15.9. The zero-order valence-corrected chi connectivity index (χ0v) is 11.6. The van der Waals surface area contributed by atoms with Crippen LogP contribution in [0.25, 0.3) is 0 Å². The Morgan fingerprint density at radius 1 is 1.06 bits per heavy atom. The summed E-state index contributed by atoms with van der Waals surface area (Å²) in [5.74, 6) is 0.777. The monoisotopic (exact) mass is 230 g/mol. The summed E-state index contributed by atoms with van der Waals surface area (Å²) in [6.07, 6.45) is 7.07. The van der Waals surface area contributed by atoms with Gasteiger partial charge in [0.25, 0.3) is 0 Å². The van der Waals surface area contributed by atoms with E-state index in [9.17, 15) is 0 Å². The van der Waals surface area contributed by atoms with E-state index in [2.05, 4.69) is 20.8 Å². The van der Waals surface area contributed by atoms with E-state index in [1.165, 1.54) is 25.7 Å². The summed E-state index contributed by atoms with van der Waals surface area (Å²) in [6.45, 7) is 8.13. The molecule has 0 radical (unpaired) electrons. The number of unbranched alkanes of at least 4 members (excludes halogenated alkanes) is 2. The molecule has 98 valence electrons. The Morgan fingerprint density at radius 2 is 1.75 bits per heavy atom. The average molecular weight is 230 g/mol. The Morgan fingerprint density at radius 3 is 2.25 bits per heavy atom. The molecular formula is C14H30O2. The third-order valence-electron chi connectivity index (χ3n) is 2.90. The molecule has 0 aliphatic heterocycles. The van der Waals surface area contributed by atoms with Gasteiger partial charge >= 0.3 is 0 Å². The van der Waals surface area contributed by atoms with Crippen molar-refractivity contribution in [2.75, 3.05) is 20.3 Å². The van der Waals surface area contributed by atoms with Crippen molar-refractivity contribution in [2.24, 2.45) is 11.3 Å². The van der Waals surface area contributed by atoms with Crippen molar-refractivity contribution in [1.29, 1.82) is 0 Å². The molecule has 1 atom stereocenters. The summed E-state index contributed by atoms with van der Waals surface area (Å²) in [5.41, 5.74) is 0.412. The van der Waals surface area contributed by atoms with Gasteiger partial charge in [0.15, 0.2) is 0 Å². The second-order valence-electron chi connectivity index (χ2n) is 5.99. The van der Waals surface area contributed by atoms with Gasteiger partial charge in [0.1, 0.15) is 0 Å². The molecule has 0 aliphatic rings. The van der Waals surface area contributed by atoms with Crippen LogP contribution in [0.5, 0.6) is 0 Å². The lowest BCUT2D eigenvalue weighted by atomic mass is 9.81. The minimum atomic E-state index is 0.335. The highest BCUT2D eigenvalue weighted by molar-refractivity contribution is 4.69. The molecule has 0 saturated carbocycles. The largest absolute Gasteiger partial charge is 0.396 e. The van der Waals surface area contributed by atoms with Crippen LogP contribution < -0.4 is 0 Å². The molecule has 0 heterocycles. The molecule has 0 fully saturated rings. The van der Waals surface area contributed by atoms with Gasteiger partial charge in [0, 0.05) is 20.3 Å². The van der Waals surface area contributed by atoms with Crippen LogP contribution in [0.4, 0.5) is 0 Å². The lowest BCUT2D eigenvalue weighted by molar-refractivity contribution is 0.157. The molecule has 0 amide bonds. The number of hydrogen-bond donors (Lipinski definition) is 1. The van der Waals surface area contributed by atoms with Crippen molar-refractivity contribution < 1.29 is 9.84 Å². The third-order valence-corrected chi connectivity index (χ3v) is 2.90. The number of aliphatic hydroxyl groups is 1. The summed E-state index contributed by atoms with van der Waals surface area (Å²) in [5, 5.41) is 8.74. The van der Waals surface area contributed by atoms with Gasteiger partial charge in [0.2, 0.25) is 0 Å². The van der Waals surface area contributed by atoms with Crippen LogP contribution in [0.1, 0.15) is 59.3 Å². The van der Waals surface area contributed by atoms with E-state index in [1.807, 2.05) is 0 Å². The quantitative estimate of drug-likeness (QED) is 0.613. The molecule has 0 saturated heterocycles. The van der Waals surface area contributed by atoms with Gasteiger partial charge in [-0.3, -0.25) is 0 Å². The normalized spacial score (nSPS) is 14.1. The van der Waals surface area contributed by atoms with Crippen LogP contribution in [-0.4, -0.2) is 25.4 Å². The highest BCUT2D eigenvalue weighted by Gasteiger charge is 2.18. The van der Waals surface area contributed by atoms with Gasteiger partial charge in [-0.2, -0.15) is 0 Å². The molecule has 16 heavy (non-hydrogen) atoms. The Hall–Kier alpha value is -0.0800. The molecule has 0 rings (SSSR count). The van der Waals surface area contributed by atoms with E-state index >= 15 is 0 Å². The van der Waals surface area contributed by atoms with Gasteiger partial charge in [-0.05, 0) is 30.6 Å². The Kier molecular flexibility index (Phi) is 8.96. The van der Waals surface area contributed by atoms with Crippen molar-refractivity contribution in [1.82, 2.24) is 0 Å². The van der Waals surface area contributed by atoms with Gasteiger partial charge in [-0.25, -0.2) is 0 Å². The fourth-order valence-electron chi connectivity index (χ4n) is 2.22. The fraction of sp³-hybridized carbons (Fsp3) is 1.00. The topological polar surface area (TPSA) is 29.5 Å². The molecule has 0 aromatic heterocycles. The molecule has 0 spiro atoms. The van der Waals surface area contributed by atoms with Crippen LogP contribution in [-0.2, 0) is 4.74 Å². The molecule has 0 unspecified atom stereocenters. The van der Waals surface area contributed by atoms with Crippen molar-refractivity contribution >= 4 is 0 Å². The first-order valence-electron chi connectivity index (χ1n) is 6.59. The van der Waals surface area contributed by atoms with Crippen molar-refractivity contribution in [3.63, 3.8) is 0 Å². The molecular weight excluding hydrogens is 200 g/mol. The van der Waals surface area contributed by atoms with Crippen LogP contribution >= 0.6 is 0 Å². The average Bonchev–Trinajstić information content (AvgIpc) is 2.18. The second kappa shape index (κ2) is 9.00. The zero-order chi connectivity index (χ0) is 12.4. The van der Waals surface area contributed by atoms with Crippen LogP contribution in [0.3, 0.4) is 0 Å². The summed E-state index contributed by atoms with van der Waals surface area (Å²) in [7, 11) is 1.78. The van der Waals surface area contributed by atoms with E-state index in [0.29, 0.717) is 12.0 Å². The first-order valence-corrected chi connectivity index (χ1v) is 6.59. The summed E-state index contributed by atoms with van der Waals surface area (Å²) < 4.78 is 5.17. The minimum Gasteiger partial charge on any atom is -0.396 e. The standard InChI is InChI=1S/C14H30O2/c1-14(2,3)12-13(9-11-16-4)8-6-5-7-10-15/h13,15H,5-12H2,1-4H3/t13-/m0/s1. The van der Waals surface area contributed by atoms with Crippen LogP contribution in [0.2, 0.25) is 0 Å². The van der Waals surface area contributed by atoms with E-state index in [-0.39, 0.29) is 0 Å². The van der Waals surface area contributed by atoms with Crippen molar-refractivity contribution in [3.8, 4) is 0 Å². The molecule has 0 aliphatic carbocycles. The number of rotatable bonds is 9. The van der Waals surface area contributed by atoms with E-state index in [4.69, 9.17) is 9.84 Å². The number of ether oxygens (including phenoxy) is 1. The Bertz CT molecular complexity index is 149. The van der Waals surface area contributed by atoms with Gasteiger partial charge in [-0.15, -0.1) is 0 Å². The maximum atomic E-state index is 8.74. The Balaban J connectivity index is 3.81. The van der Waals surface area contributed by atoms with Gasteiger partial charge in [-0.1, -0.05) is 40.0 Å². The minimum absolute atomic E-state index is 0.335. The smallest absolute Gasteiger partial charge is 0.0464 e. The predicted octanol–water partition coefficient (Wildman–Crippen LogP) is 3.63. The van der Waals surface area contributed by atoms with E-state index < -0.39 is 0 Å². The van der Waals surface area contributed by atoms with Gasteiger partial charge < -0.3 is 9.84 Å². The first-order chi connectivity index (χ1) is 7.49. The molecule has 0 aromatic rings. The van der Waals surface area contributed by atoms with Crippen molar-refractivity contribution in [2.45, 2.75) is 59.3 Å². The SMILES string of the molecule is COCC[C@H](CCCCCO)CC(C)(C)C. The molecule has 2 nitrogen and oxygen atoms in total. The second-order valence-corrected chi connectivity index (χ2v) is 5.99. The van der Waals surface area contributed by atoms with Crippen LogP contribution in [0, 0.1) is 11.3 Å². The lowest BCUT2D eigenvalue weighted by Crippen LogP contribution is -2.15. The number of hydrogen-bond acceptors (Lipinski definition) is 2. The molecule has 0 bridgehead atoms. The molecule has 1 N–H and O–H groups in total. The fourth-order valence-corrected chi connectivity index (χ4v) is 2.22. The highest BCUT2D eigenvalue weighted by atomic mass is 16.5. The maximum Gasteiger partial charge on any atom is 0.0464 e. The van der Waals surface area contributed by atoms with E-state index in [0.717, 1.165) is 25.4 Å². The van der Waals surface area contributed by atoms with Crippen molar-refractivity contribution in [3.05, 3.63) is 0 Å². The number of aliphatic hydroxyl groups excluding tert-OH is 1. The summed E-state index contributed by atoms with van der Waals surface area (Å²) in [4.78, 5) is 0. The van der Waals surface area contributed by atoms with Crippen LogP contribution in [0.15, 0.2) is 0 Å². The van der Waals surface area contributed by atoms with E-state index in [1.54, 1.807) is 7.11 Å². The molecule has 0 aromatic carbocycles. The predicted molar refractivity (Wildman–Crippen MR) is 69.6 cm³/mol. The summed E-state index contributed by atoms with van der Waals surface area (Å²) >= 11 is 0. The highest BCUT2D eigenvalue weighted by Crippen LogP contribution is 2.29. The molecule has 2 heteroatoms. The Labute approximate surface area is 101 Å². The summed E-state index contributed by atoms with van der Waals surface area (Å²) in [6, 6.07) is 0. The van der Waals surface area contributed by atoms with Gasteiger partial charge in [0.05, 0.1) is 0 Å². The third kappa shape index (κ3) is 10.4. The maximum absolute atomic E-state index is 8.74.